The second-order valence-corrected chi connectivity index (χ2v) is 7.01. The fraction of sp³-hybridized carbons (Fsp3) is 0.286. The van der Waals surface area contributed by atoms with E-state index in [0.29, 0.717) is 23.1 Å². The Morgan fingerprint density at radius 1 is 1.19 bits per heavy atom. The van der Waals surface area contributed by atoms with Gasteiger partial charge in [0, 0.05) is 18.0 Å². The van der Waals surface area contributed by atoms with E-state index in [1.54, 1.807) is 4.57 Å². The molecule has 27 heavy (non-hydrogen) atoms. The predicted molar refractivity (Wildman–Crippen MR) is 110 cm³/mol. The number of carbonyl (C=O) groups excluding carboxylic acids is 1. The normalized spacial score (nSPS) is 11.9. The smallest absolute Gasteiger partial charge is 0.240 e. The first-order valence-corrected chi connectivity index (χ1v) is 9.53. The van der Waals surface area contributed by atoms with Gasteiger partial charge in [-0.2, -0.15) is 5.10 Å². The molecule has 0 aliphatic carbocycles. The molecule has 5 nitrogen and oxygen atoms in total. The van der Waals surface area contributed by atoms with Crippen LogP contribution in [-0.2, 0) is 11.3 Å². The molecule has 0 spiro atoms. The third-order valence-corrected chi connectivity index (χ3v) is 4.99. The van der Waals surface area contributed by atoms with Gasteiger partial charge in [0.2, 0.25) is 5.91 Å². The van der Waals surface area contributed by atoms with Gasteiger partial charge in [-0.25, -0.2) is 0 Å². The highest BCUT2D eigenvalue weighted by Gasteiger charge is 2.14. The fourth-order valence-electron chi connectivity index (χ4n) is 3.05. The summed E-state index contributed by atoms with van der Waals surface area (Å²) in [6, 6.07) is 18.3. The largest absolute Gasteiger partial charge is 0.354 e. The molecule has 3 rings (SSSR count). The molecule has 1 amide bonds. The van der Waals surface area contributed by atoms with Crippen LogP contribution in [0.2, 0.25) is 0 Å². The van der Waals surface area contributed by atoms with Crippen LogP contribution in [0.3, 0.4) is 0 Å². The second kappa shape index (κ2) is 8.77. The lowest BCUT2D eigenvalue weighted by atomic mass is 9.96. The van der Waals surface area contributed by atoms with Crippen molar-refractivity contribution in [2.75, 3.05) is 6.54 Å². The van der Waals surface area contributed by atoms with Crippen LogP contribution in [0.5, 0.6) is 0 Å². The van der Waals surface area contributed by atoms with Crippen LogP contribution >= 0.6 is 12.2 Å². The highest BCUT2D eigenvalue weighted by molar-refractivity contribution is 7.71. The van der Waals surface area contributed by atoms with Gasteiger partial charge in [-0.05, 0) is 31.1 Å². The van der Waals surface area contributed by atoms with Crippen LogP contribution in [0.25, 0.3) is 11.4 Å². The average molecular weight is 381 g/mol. The van der Waals surface area contributed by atoms with Crippen molar-refractivity contribution in [1.82, 2.24) is 20.1 Å². The number of hydrogen-bond donors (Lipinski definition) is 2. The molecular weight excluding hydrogens is 356 g/mol. The summed E-state index contributed by atoms with van der Waals surface area (Å²) in [5, 5.41) is 10.1. The van der Waals surface area contributed by atoms with Gasteiger partial charge in [-0.3, -0.25) is 14.5 Å². The Labute approximate surface area is 164 Å². The highest BCUT2D eigenvalue weighted by atomic mass is 32.1. The standard InChI is InChI=1S/C21H24N4OS/c1-3-16(17-7-5-4-6-8-17)13-22-19(26)14-25-20(23-24-21(25)27)18-11-9-15(2)10-12-18/h4-12,16H,3,13-14H2,1-2H3,(H,22,26)(H,24,27). The SMILES string of the molecule is CCC(CNC(=O)Cn1c(-c2ccc(C)cc2)n[nH]c1=S)c1ccccc1. The zero-order valence-corrected chi connectivity index (χ0v) is 16.4. The number of rotatable bonds is 7. The van der Waals surface area contributed by atoms with Crippen LogP contribution in [-0.4, -0.2) is 27.2 Å². The average Bonchev–Trinajstić information content (AvgIpc) is 3.04. The van der Waals surface area contributed by atoms with E-state index in [-0.39, 0.29) is 12.5 Å². The fourth-order valence-corrected chi connectivity index (χ4v) is 3.24. The number of nitrogens with zero attached hydrogens (tertiary/aromatic N) is 2. The number of aromatic amines is 1. The molecule has 1 atom stereocenters. The lowest BCUT2D eigenvalue weighted by Crippen LogP contribution is -2.31. The summed E-state index contributed by atoms with van der Waals surface area (Å²) in [7, 11) is 0. The van der Waals surface area contributed by atoms with E-state index in [1.165, 1.54) is 11.1 Å². The molecule has 0 fully saturated rings. The zero-order valence-electron chi connectivity index (χ0n) is 15.6. The lowest BCUT2D eigenvalue weighted by Gasteiger charge is -2.16. The molecule has 140 valence electrons. The quantitative estimate of drug-likeness (QED) is 0.603. The molecule has 1 unspecified atom stereocenters. The number of aryl methyl sites for hydroxylation is 1. The molecule has 1 heterocycles. The van der Waals surface area contributed by atoms with Crippen molar-refractivity contribution in [2.24, 2.45) is 0 Å². The number of H-pyrrole nitrogens is 1. The van der Waals surface area contributed by atoms with Gasteiger partial charge in [0.15, 0.2) is 10.6 Å². The number of benzene rings is 2. The molecule has 0 saturated heterocycles. The van der Waals surface area contributed by atoms with E-state index in [9.17, 15) is 4.79 Å². The van der Waals surface area contributed by atoms with Gasteiger partial charge in [0.1, 0.15) is 6.54 Å². The maximum atomic E-state index is 12.5. The van der Waals surface area contributed by atoms with Gasteiger partial charge in [0.05, 0.1) is 0 Å². The van der Waals surface area contributed by atoms with Crippen LogP contribution < -0.4 is 5.32 Å². The summed E-state index contributed by atoms with van der Waals surface area (Å²) >= 11 is 5.32. The zero-order chi connectivity index (χ0) is 19.2. The first-order valence-electron chi connectivity index (χ1n) is 9.12. The van der Waals surface area contributed by atoms with E-state index in [1.807, 2.05) is 49.4 Å². The van der Waals surface area contributed by atoms with Crippen LogP contribution in [0.4, 0.5) is 0 Å². The van der Waals surface area contributed by atoms with Gasteiger partial charge in [-0.1, -0.05) is 67.1 Å². The van der Waals surface area contributed by atoms with E-state index in [0.717, 1.165) is 12.0 Å². The van der Waals surface area contributed by atoms with Crippen molar-refractivity contribution in [3.8, 4) is 11.4 Å². The number of aromatic nitrogens is 3. The minimum atomic E-state index is -0.0738. The van der Waals surface area contributed by atoms with Gasteiger partial charge < -0.3 is 5.32 Å². The van der Waals surface area contributed by atoms with Gasteiger partial charge in [-0.15, -0.1) is 0 Å². The molecule has 0 bridgehead atoms. The number of hydrogen-bond acceptors (Lipinski definition) is 3. The summed E-state index contributed by atoms with van der Waals surface area (Å²) in [4.78, 5) is 12.5. The van der Waals surface area contributed by atoms with E-state index in [4.69, 9.17) is 12.2 Å². The van der Waals surface area contributed by atoms with Crippen molar-refractivity contribution < 1.29 is 4.79 Å². The van der Waals surface area contributed by atoms with Gasteiger partial charge in [0.25, 0.3) is 0 Å². The van der Waals surface area contributed by atoms with Crippen LogP contribution in [0.15, 0.2) is 54.6 Å². The molecular formula is C21H24N4OS. The summed E-state index contributed by atoms with van der Waals surface area (Å²) < 4.78 is 2.18. The maximum absolute atomic E-state index is 12.5. The van der Waals surface area contributed by atoms with Crippen molar-refractivity contribution in [3.05, 3.63) is 70.5 Å². The van der Waals surface area contributed by atoms with Crippen molar-refractivity contribution in [3.63, 3.8) is 0 Å². The summed E-state index contributed by atoms with van der Waals surface area (Å²) in [5.41, 5.74) is 3.33. The first-order chi connectivity index (χ1) is 13.1. The Kier molecular flexibility index (Phi) is 6.19. The molecule has 0 aliphatic rings. The number of amides is 1. The van der Waals surface area contributed by atoms with Crippen LogP contribution in [0, 0.1) is 11.7 Å². The van der Waals surface area contributed by atoms with E-state index in [2.05, 4.69) is 34.6 Å². The highest BCUT2D eigenvalue weighted by Crippen LogP contribution is 2.19. The molecule has 0 aliphatic heterocycles. The lowest BCUT2D eigenvalue weighted by molar-refractivity contribution is -0.121. The molecule has 0 saturated carbocycles. The number of nitrogens with one attached hydrogen (secondary N) is 2. The Morgan fingerprint density at radius 2 is 1.89 bits per heavy atom. The first kappa shape index (κ1) is 19.0. The number of carbonyl (C=O) groups is 1. The van der Waals surface area contributed by atoms with Crippen molar-refractivity contribution >= 4 is 18.1 Å². The Balaban J connectivity index is 1.69. The molecule has 2 aromatic carbocycles. The van der Waals surface area contributed by atoms with Gasteiger partial charge >= 0.3 is 0 Å². The van der Waals surface area contributed by atoms with Crippen LogP contribution in [0.1, 0.15) is 30.4 Å². The molecule has 6 heteroatoms. The summed E-state index contributed by atoms with van der Waals surface area (Å²) in [6.07, 6.45) is 0.962. The predicted octanol–water partition coefficient (Wildman–Crippen LogP) is 4.23. The third kappa shape index (κ3) is 4.71. The molecule has 1 aromatic heterocycles. The Hall–Kier alpha value is -2.73. The van der Waals surface area contributed by atoms with E-state index >= 15 is 0 Å². The maximum Gasteiger partial charge on any atom is 0.240 e. The third-order valence-electron chi connectivity index (χ3n) is 4.68. The molecule has 2 N–H and O–H groups in total. The summed E-state index contributed by atoms with van der Waals surface area (Å²) in [6.45, 7) is 4.91. The van der Waals surface area contributed by atoms with Crippen molar-refractivity contribution in [1.29, 1.82) is 0 Å². The van der Waals surface area contributed by atoms with E-state index < -0.39 is 0 Å². The minimum absolute atomic E-state index is 0.0738. The topological polar surface area (TPSA) is 62.7 Å². The Morgan fingerprint density at radius 3 is 2.56 bits per heavy atom. The monoisotopic (exact) mass is 380 g/mol. The molecule has 0 radical (unpaired) electrons. The second-order valence-electron chi connectivity index (χ2n) is 6.62. The minimum Gasteiger partial charge on any atom is -0.354 e. The van der Waals surface area contributed by atoms with Crippen molar-refractivity contribution in [2.45, 2.75) is 32.7 Å². The molecule has 3 aromatic rings. The Bertz CT molecular complexity index is 944. The summed E-state index contributed by atoms with van der Waals surface area (Å²) in [5.74, 6) is 0.893.